The van der Waals surface area contributed by atoms with Gasteiger partial charge in [-0.1, -0.05) is 24.3 Å². The summed E-state index contributed by atoms with van der Waals surface area (Å²) in [6, 6.07) is 14.5. The number of anilines is 2. The SMILES string of the molecule is Cc1ccc(NC2CCOc3ccccc32)c(N)c1. The molecule has 3 nitrogen and oxygen atoms in total. The average Bonchev–Trinajstić information content (AvgIpc) is 2.42. The molecule has 1 heterocycles. The summed E-state index contributed by atoms with van der Waals surface area (Å²) < 4.78 is 5.67. The molecule has 0 amide bonds. The van der Waals surface area contributed by atoms with Gasteiger partial charge >= 0.3 is 0 Å². The Kier molecular flexibility index (Phi) is 3.03. The number of hydrogen-bond acceptors (Lipinski definition) is 3. The van der Waals surface area contributed by atoms with Crippen molar-refractivity contribution in [2.45, 2.75) is 19.4 Å². The van der Waals surface area contributed by atoms with E-state index in [0.29, 0.717) is 0 Å². The summed E-state index contributed by atoms with van der Waals surface area (Å²) in [7, 11) is 0. The lowest BCUT2D eigenvalue weighted by Gasteiger charge is -2.28. The Morgan fingerprint density at radius 2 is 2.05 bits per heavy atom. The quantitative estimate of drug-likeness (QED) is 0.806. The van der Waals surface area contributed by atoms with E-state index in [4.69, 9.17) is 10.5 Å². The van der Waals surface area contributed by atoms with Crippen molar-refractivity contribution in [1.82, 2.24) is 0 Å². The maximum atomic E-state index is 6.06. The summed E-state index contributed by atoms with van der Waals surface area (Å²) in [5.74, 6) is 0.969. The van der Waals surface area contributed by atoms with Gasteiger partial charge in [-0.25, -0.2) is 0 Å². The standard InChI is InChI=1S/C16H18N2O/c1-11-6-7-15(13(17)10-11)18-14-8-9-19-16-5-3-2-4-12(14)16/h2-7,10,14,18H,8-9,17H2,1H3. The molecule has 0 fully saturated rings. The Hall–Kier alpha value is -2.16. The van der Waals surface area contributed by atoms with Crippen LogP contribution in [-0.2, 0) is 0 Å². The molecule has 0 aromatic heterocycles. The number of para-hydroxylation sites is 1. The van der Waals surface area contributed by atoms with Gasteiger partial charge in [0.1, 0.15) is 5.75 Å². The van der Waals surface area contributed by atoms with E-state index in [2.05, 4.69) is 17.4 Å². The third-order valence-electron chi connectivity index (χ3n) is 3.50. The zero-order valence-electron chi connectivity index (χ0n) is 11.0. The molecule has 0 saturated heterocycles. The normalized spacial score (nSPS) is 17.4. The van der Waals surface area contributed by atoms with Crippen molar-refractivity contribution in [2.75, 3.05) is 17.7 Å². The number of fused-ring (bicyclic) bond motifs is 1. The molecule has 19 heavy (non-hydrogen) atoms. The number of benzene rings is 2. The predicted octanol–water partition coefficient (Wildman–Crippen LogP) is 3.51. The number of nitrogens with two attached hydrogens (primary N) is 1. The van der Waals surface area contributed by atoms with Gasteiger partial charge < -0.3 is 15.8 Å². The van der Waals surface area contributed by atoms with E-state index in [0.717, 1.165) is 30.2 Å². The third-order valence-corrected chi connectivity index (χ3v) is 3.50. The molecule has 0 saturated carbocycles. The summed E-state index contributed by atoms with van der Waals surface area (Å²) in [5, 5.41) is 3.53. The molecule has 1 aliphatic rings. The molecule has 1 aliphatic heterocycles. The molecule has 3 rings (SSSR count). The topological polar surface area (TPSA) is 47.3 Å². The van der Waals surface area contributed by atoms with E-state index in [9.17, 15) is 0 Å². The fraction of sp³-hybridized carbons (Fsp3) is 0.250. The molecule has 2 aromatic rings. The van der Waals surface area contributed by atoms with Gasteiger partial charge in [-0.3, -0.25) is 0 Å². The van der Waals surface area contributed by atoms with Crippen LogP contribution < -0.4 is 15.8 Å². The van der Waals surface area contributed by atoms with Gasteiger partial charge in [0, 0.05) is 12.0 Å². The maximum absolute atomic E-state index is 6.06. The second kappa shape index (κ2) is 4.84. The first-order chi connectivity index (χ1) is 9.24. The maximum Gasteiger partial charge on any atom is 0.124 e. The van der Waals surface area contributed by atoms with Crippen molar-refractivity contribution in [3.05, 3.63) is 53.6 Å². The van der Waals surface area contributed by atoms with Gasteiger partial charge in [0.25, 0.3) is 0 Å². The summed E-state index contributed by atoms with van der Waals surface area (Å²) in [6.45, 7) is 2.78. The minimum Gasteiger partial charge on any atom is -0.493 e. The number of nitrogen functional groups attached to an aromatic ring is 1. The monoisotopic (exact) mass is 254 g/mol. The van der Waals surface area contributed by atoms with Crippen LogP contribution in [-0.4, -0.2) is 6.61 Å². The molecule has 0 radical (unpaired) electrons. The van der Waals surface area contributed by atoms with Crippen LogP contribution in [0.1, 0.15) is 23.6 Å². The van der Waals surface area contributed by atoms with Crippen LogP contribution in [0.5, 0.6) is 5.75 Å². The van der Waals surface area contributed by atoms with Crippen LogP contribution in [0.15, 0.2) is 42.5 Å². The van der Waals surface area contributed by atoms with E-state index in [-0.39, 0.29) is 6.04 Å². The van der Waals surface area contributed by atoms with Crippen molar-refractivity contribution in [1.29, 1.82) is 0 Å². The highest BCUT2D eigenvalue weighted by atomic mass is 16.5. The summed E-state index contributed by atoms with van der Waals surface area (Å²) >= 11 is 0. The van der Waals surface area contributed by atoms with Crippen LogP contribution in [0, 0.1) is 6.92 Å². The number of aryl methyl sites for hydroxylation is 1. The van der Waals surface area contributed by atoms with E-state index in [1.807, 2.05) is 37.3 Å². The highest BCUT2D eigenvalue weighted by Crippen LogP contribution is 2.35. The van der Waals surface area contributed by atoms with Crippen molar-refractivity contribution >= 4 is 11.4 Å². The van der Waals surface area contributed by atoms with Crippen molar-refractivity contribution in [3.8, 4) is 5.75 Å². The lowest BCUT2D eigenvalue weighted by molar-refractivity contribution is 0.274. The first-order valence-electron chi connectivity index (χ1n) is 6.58. The molecular weight excluding hydrogens is 236 g/mol. The van der Waals surface area contributed by atoms with E-state index in [1.54, 1.807) is 0 Å². The average molecular weight is 254 g/mol. The van der Waals surface area contributed by atoms with E-state index >= 15 is 0 Å². The first kappa shape index (κ1) is 11.9. The highest BCUT2D eigenvalue weighted by Gasteiger charge is 2.21. The number of ether oxygens (including phenoxy) is 1. The fourth-order valence-electron chi connectivity index (χ4n) is 2.49. The highest BCUT2D eigenvalue weighted by molar-refractivity contribution is 5.67. The molecular formula is C16H18N2O. The molecule has 1 unspecified atom stereocenters. The van der Waals surface area contributed by atoms with Gasteiger partial charge in [-0.05, 0) is 30.7 Å². The molecule has 0 spiro atoms. The molecule has 2 aromatic carbocycles. The van der Waals surface area contributed by atoms with Crippen LogP contribution in [0.3, 0.4) is 0 Å². The second-order valence-electron chi connectivity index (χ2n) is 4.96. The van der Waals surface area contributed by atoms with Crippen molar-refractivity contribution < 1.29 is 4.74 Å². The lowest BCUT2D eigenvalue weighted by atomic mass is 10.00. The molecule has 98 valence electrons. The zero-order chi connectivity index (χ0) is 13.2. The van der Waals surface area contributed by atoms with E-state index in [1.165, 1.54) is 11.1 Å². The third kappa shape index (κ3) is 2.36. The van der Waals surface area contributed by atoms with Crippen molar-refractivity contribution in [2.24, 2.45) is 0 Å². The fourth-order valence-corrected chi connectivity index (χ4v) is 2.49. The zero-order valence-corrected chi connectivity index (χ0v) is 11.0. The Bertz CT molecular complexity index is 595. The minimum absolute atomic E-state index is 0.259. The molecule has 0 aliphatic carbocycles. The molecule has 1 atom stereocenters. The molecule has 0 bridgehead atoms. The van der Waals surface area contributed by atoms with Crippen LogP contribution in [0.25, 0.3) is 0 Å². The Balaban J connectivity index is 1.88. The van der Waals surface area contributed by atoms with Crippen LogP contribution in [0.4, 0.5) is 11.4 Å². The van der Waals surface area contributed by atoms with Gasteiger partial charge in [0.05, 0.1) is 24.0 Å². The summed E-state index contributed by atoms with van der Waals surface area (Å²) in [6.07, 6.45) is 0.949. The first-order valence-corrected chi connectivity index (χ1v) is 6.58. The summed E-state index contributed by atoms with van der Waals surface area (Å²) in [4.78, 5) is 0. The second-order valence-corrected chi connectivity index (χ2v) is 4.96. The number of hydrogen-bond donors (Lipinski definition) is 2. The Morgan fingerprint density at radius 1 is 1.21 bits per heavy atom. The largest absolute Gasteiger partial charge is 0.493 e. The summed E-state index contributed by atoms with van der Waals surface area (Å²) in [5.41, 5.74) is 10.2. The smallest absolute Gasteiger partial charge is 0.124 e. The number of nitrogens with one attached hydrogen (secondary N) is 1. The van der Waals surface area contributed by atoms with Crippen LogP contribution >= 0.6 is 0 Å². The van der Waals surface area contributed by atoms with Gasteiger partial charge in [-0.15, -0.1) is 0 Å². The predicted molar refractivity (Wildman–Crippen MR) is 78.5 cm³/mol. The van der Waals surface area contributed by atoms with Gasteiger partial charge in [0.15, 0.2) is 0 Å². The Labute approximate surface area is 113 Å². The van der Waals surface area contributed by atoms with Crippen LogP contribution in [0.2, 0.25) is 0 Å². The minimum atomic E-state index is 0.259. The van der Waals surface area contributed by atoms with Crippen molar-refractivity contribution in [3.63, 3.8) is 0 Å². The Morgan fingerprint density at radius 3 is 2.89 bits per heavy atom. The lowest BCUT2D eigenvalue weighted by Crippen LogP contribution is -2.20. The molecule has 3 N–H and O–H groups in total. The molecule has 3 heteroatoms. The van der Waals surface area contributed by atoms with Gasteiger partial charge in [-0.2, -0.15) is 0 Å². The van der Waals surface area contributed by atoms with Gasteiger partial charge in [0.2, 0.25) is 0 Å². The number of rotatable bonds is 2. The van der Waals surface area contributed by atoms with E-state index < -0.39 is 0 Å².